The zero-order valence-electron chi connectivity index (χ0n) is 7.72. The molecule has 0 atom stereocenters. The first-order chi connectivity index (χ1) is 6.90. The predicted octanol–water partition coefficient (Wildman–Crippen LogP) is 1.60. The monoisotopic (exact) mass is 185 g/mol. The Hall–Kier alpha value is -1.74. The van der Waals surface area contributed by atoms with Gasteiger partial charge < -0.3 is 5.73 Å². The van der Waals surface area contributed by atoms with Crippen molar-refractivity contribution in [3.63, 3.8) is 0 Å². The third kappa shape index (κ3) is 1.78. The highest BCUT2D eigenvalue weighted by Gasteiger charge is 1.97. The molecule has 0 unspecified atom stereocenters. The Bertz CT molecular complexity index is 395. The highest BCUT2D eigenvalue weighted by atomic mass is 15.1. The van der Waals surface area contributed by atoms with E-state index in [-0.39, 0.29) is 0 Å². The maximum Gasteiger partial charge on any atom is 0.0929 e. The minimum atomic E-state index is 0.570. The van der Waals surface area contributed by atoms with E-state index in [1.165, 1.54) is 0 Å². The minimum absolute atomic E-state index is 0.570. The van der Waals surface area contributed by atoms with Crippen LogP contribution in [0.25, 0.3) is 11.3 Å². The molecular formula is C11H11N3. The smallest absolute Gasteiger partial charge is 0.0929 e. The van der Waals surface area contributed by atoms with Crippen LogP contribution in [0, 0.1) is 0 Å². The molecule has 0 aliphatic carbocycles. The molecule has 0 aliphatic heterocycles. The molecular weight excluding hydrogens is 174 g/mol. The lowest BCUT2D eigenvalue weighted by Gasteiger charge is -2.00. The summed E-state index contributed by atoms with van der Waals surface area (Å²) < 4.78 is 0. The predicted molar refractivity (Wildman–Crippen MR) is 55.4 cm³/mol. The normalized spacial score (nSPS) is 10.1. The number of hydrogen-bond donors (Lipinski definition) is 1. The Morgan fingerprint density at radius 1 is 1.07 bits per heavy atom. The van der Waals surface area contributed by atoms with E-state index in [1.54, 1.807) is 6.20 Å². The molecule has 14 heavy (non-hydrogen) atoms. The average molecular weight is 185 g/mol. The molecule has 1 aromatic heterocycles. The first kappa shape index (κ1) is 8.84. The molecule has 0 saturated carbocycles. The summed E-state index contributed by atoms with van der Waals surface area (Å²) in [6.07, 6.45) is 1.66. The molecule has 1 heterocycles. The summed E-state index contributed by atoms with van der Waals surface area (Å²) in [6, 6.07) is 11.8. The quantitative estimate of drug-likeness (QED) is 0.773. The Balaban J connectivity index is 2.34. The van der Waals surface area contributed by atoms with E-state index in [2.05, 4.69) is 10.2 Å². The summed E-state index contributed by atoms with van der Waals surface area (Å²) in [5.74, 6) is 0. The summed E-state index contributed by atoms with van der Waals surface area (Å²) in [7, 11) is 0. The van der Waals surface area contributed by atoms with E-state index >= 15 is 0 Å². The second-order valence-electron chi connectivity index (χ2n) is 3.01. The molecule has 70 valence electrons. The van der Waals surface area contributed by atoms with Crippen LogP contribution < -0.4 is 5.73 Å². The number of benzene rings is 1. The van der Waals surface area contributed by atoms with Gasteiger partial charge in [0.2, 0.25) is 0 Å². The van der Waals surface area contributed by atoms with Gasteiger partial charge in [0.15, 0.2) is 0 Å². The van der Waals surface area contributed by atoms with Gasteiger partial charge in [-0.15, -0.1) is 0 Å². The lowest BCUT2D eigenvalue weighted by atomic mass is 10.1. The van der Waals surface area contributed by atoms with E-state index in [9.17, 15) is 0 Å². The molecule has 0 spiro atoms. The molecule has 2 N–H and O–H groups in total. The minimum Gasteiger partial charge on any atom is -0.326 e. The SMILES string of the molecule is NCc1ccc(-c2cccnn2)cc1. The lowest BCUT2D eigenvalue weighted by Crippen LogP contribution is -1.95. The molecule has 2 aromatic rings. The van der Waals surface area contributed by atoms with Crippen molar-refractivity contribution in [1.29, 1.82) is 0 Å². The Kier molecular flexibility index (Phi) is 2.51. The first-order valence-corrected chi connectivity index (χ1v) is 4.47. The second kappa shape index (κ2) is 3.98. The van der Waals surface area contributed by atoms with Gasteiger partial charge in [-0.05, 0) is 17.7 Å². The highest BCUT2D eigenvalue weighted by Crippen LogP contribution is 2.15. The van der Waals surface area contributed by atoms with Crippen LogP contribution >= 0.6 is 0 Å². The fourth-order valence-electron chi connectivity index (χ4n) is 1.27. The van der Waals surface area contributed by atoms with Crippen molar-refractivity contribution in [2.24, 2.45) is 5.73 Å². The van der Waals surface area contributed by atoms with Crippen molar-refractivity contribution in [2.75, 3.05) is 0 Å². The van der Waals surface area contributed by atoms with Crippen LogP contribution in [-0.4, -0.2) is 10.2 Å². The summed E-state index contributed by atoms with van der Waals surface area (Å²) in [6.45, 7) is 0.570. The van der Waals surface area contributed by atoms with Gasteiger partial charge in [-0.2, -0.15) is 10.2 Å². The molecule has 3 heteroatoms. The standard InChI is InChI=1S/C11H11N3/c12-8-9-3-5-10(6-4-9)11-2-1-7-13-14-11/h1-7H,8,12H2. The van der Waals surface area contributed by atoms with Crippen LogP contribution in [0.5, 0.6) is 0 Å². The van der Waals surface area contributed by atoms with Crippen LogP contribution in [0.1, 0.15) is 5.56 Å². The number of rotatable bonds is 2. The number of aromatic nitrogens is 2. The van der Waals surface area contributed by atoms with Crippen molar-refractivity contribution < 1.29 is 0 Å². The molecule has 0 saturated heterocycles. The average Bonchev–Trinajstić information content (AvgIpc) is 2.30. The molecule has 0 radical (unpaired) electrons. The molecule has 0 fully saturated rings. The Morgan fingerprint density at radius 3 is 2.43 bits per heavy atom. The maximum absolute atomic E-state index is 5.51. The van der Waals surface area contributed by atoms with Gasteiger partial charge in [-0.1, -0.05) is 24.3 Å². The fraction of sp³-hybridized carbons (Fsp3) is 0.0909. The molecule has 0 bridgehead atoms. The first-order valence-electron chi connectivity index (χ1n) is 4.47. The van der Waals surface area contributed by atoms with Crippen molar-refractivity contribution in [2.45, 2.75) is 6.54 Å². The van der Waals surface area contributed by atoms with Gasteiger partial charge in [0.25, 0.3) is 0 Å². The lowest BCUT2D eigenvalue weighted by molar-refractivity contribution is 1.03. The number of nitrogens with zero attached hydrogens (tertiary/aromatic N) is 2. The number of hydrogen-bond acceptors (Lipinski definition) is 3. The van der Waals surface area contributed by atoms with Crippen LogP contribution in [0.3, 0.4) is 0 Å². The van der Waals surface area contributed by atoms with Gasteiger partial charge in [-0.25, -0.2) is 0 Å². The molecule has 3 nitrogen and oxygen atoms in total. The topological polar surface area (TPSA) is 51.8 Å². The summed E-state index contributed by atoms with van der Waals surface area (Å²) in [5.41, 5.74) is 8.58. The third-order valence-corrected chi connectivity index (χ3v) is 2.06. The van der Waals surface area contributed by atoms with Crippen molar-refractivity contribution in [1.82, 2.24) is 10.2 Å². The van der Waals surface area contributed by atoms with Gasteiger partial charge in [0.05, 0.1) is 5.69 Å². The van der Waals surface area contributed by atoms with Gasteiger partial charge in [-0.3, -0.25) is 0 Å². The van der Waals surface area contributed by atoms with E-state index in [0.717, 1.165) is 16.8 Å². The Morgan fingerprint density at radius 2 is 1.86 bits per heavy atom. The summed E-state index contributed by atoms with van der Waals surface area (Å²) in [4.78, 5) is 0. The third-order valence-electron chi connectivity index (χ3n) is 2.06. The van der Waals surface area contributed by atoms with Gasteiger partial charge in [0.1, 0.15) is 0 Å². The van der Waals surface area contributed by atoms with Crippen LogP contribution in [0.2, 0.25) is 0 Å². The zero-order chi connectivity index (χ0) is 9.80. The van der Waals surface area contributed by atoms with Crippen LogP contribution in [0.15, 0.2) is 42.6 Å². The molecule has 2 rings (SSSR count). The van der Waals surface area contributed by atoms with E-state index in [4.69, 9.17) is 5.73 Å². The van der Waals surface area contributed by atoms with Gasteiger partial charge >= 0.3 is 0 Å². The van der Waals surface area contributed by atoms with E-state index in [0.29, 0.717) is 6.54 Å². The van der Waals surface area contributed by atoms with E-state index in [1.807, 2.05) is 36.4 Å². The van der Waals surface area contributed by atoms with Gasteiger partial charge in [0, 0.05) is 18.3 Å². The van der Waals surface area contributed by atoms with Crippen molar-refractivity contribution in [3.05, 3.63) is 48.2 Å². The van der Waals surface area contributed by atoms with Crippen LogP contribution in [0.4, 0.5) is 0 Å². The maximum atomic E-state index is 5.51. The fourth-order valence-corrected chi connectivity index (χ4v) is 1.27. The highest BCUT2D eigenvalue weighted by molar-refractivity contribution is 5.58. The second-order valence-corrected chi connectivity index (χ2v) is 3.01. The molecule has 1 aromatic carbocycles. The Labute approximate surface area is 82.6 Å². The number of nitrogens with two attached hydrogens (primary N) is 1. The molecule has 0 aliphatic rings. The largest absolute Gasteiger partial charge is 0.326 e. The van der Waals surface area contributed by atoms with E-state index < -0.39 is 0 Å². The van der Waals surface area contributed by atoms with Crippen molar-refractivity contribution >= 4 is 0 Å². The van der Waals surface area contributed by atoms with Crippen molar-refractivity contribution in [3.8, 4) is 11.3 Å². The van der Waals surface area contributed by atoms with Crippen LogP contribution in [-0.2, 0) is 6.54 Å². The zero-order valence-corrected chi connectivity index (χ0v) is 7.72. The summed E-state index contributed by atoms with van der Waals surface area (Å²) >= 11 is 0. The molecule has 0 amide bonds. The summed E-state index contributed by atoms with van der Waals surface area (Å²) in [5, 5.41) is 7.85.